The normalized spacial score (nSPS) is 10.3. The number of halogens is 1. The Labute approximate surface area is 173 Å². The molecule has 2 amide bonds. The minimum atomic E-state index is -0.550. The fourth-order valence-electron chi connectivity index (χ4n) is 2.46. The van der Waals surface area contributed by atoms with Crippen LogP contribution in [-0.2, 0) is 17.9 Å². The van der Waals surface area contributed by atoms with Crippen molar-refractivity contribution in [1.29, 1.82) is 0 Å². The van der Waals surface area contributed by atoms with E-state index in [1.165, 1.54) is 0 Å². The van der Waals surface area contributed by atoms with Gasteiger partial charge in [0.15, 0.2) is 0 Å². The first-order valence-corrected chi connectivity index (χ1v) is 9.35. The number of anilines is 1. The third-order valence-corrected chi connectivity index (χ3v) is 4.33. The van der Waals surface area contributed by atoms with Gasteiger partial charge in [0, 0.05) is 23.5 Å². The summed E-state index contributed by atoms with van der Waals surface area (Å²) in [6.07, 6.45) is 1.10. The number of carbonyl (C=O) groups is 2. The summed E-state index contributed by atoms with van der Waals surface area (Å²) in [6.45, 7) is 2.42. The standard InChI is InChI=1S/C22H20ClN3O3/c1-15-2-11-20(24-12-15)21(27)25-13-16-5-9-19(10-6-16)26-22(28)29-14-17-3-7-18(23)8-4-17/h2-12H,13-14H2,1H3,(H,25,27)(H,26,28). The van der Waals surface area contributed by atoms with E-state index in [2.05, 4.69) is 15.6 Å². The number of pyridine rings is 1. The van der Waals surface area contributed by atoms with Gasteiger partial charge in [-0.15, -0.1) is 0 Å². The lowest BCUT2D eigenvalue weighted by Gasteiger charge is -2.09. The lowest BCUT2D eigenvalue weighted by molar-refractivity contribution is 0.0946. The number of aromatic nitrogens is 1. The molecule has 0 radical (unpaired) electrons. The molecule has 2 aromatic carbocycles. The Balaban J connectivity index is 1.45. The topological polar surface area (TPSA) is 80.3 Å². The molecule has 6 nitrogen and oxygen atoms in total. The van der Waals surface area contributed by atoms with Crippen molar-refractivity contribution in [1.82, 2.24) is 10.3 Å². The van der Waals surface area contributed by atoms with Crippen molar-refractivity contribution < 1.29 is 14.3 Å². The molecule has 0 atom stereocenters. The van der Waals surface area contributed by atoms with E-state index in [1.54, 1.807) is 48.7 Å². The first-order chi connectivity index (χ1) is 14.0. The van der Waals surface area contributed by atoms with E-state index in [9.17, 15) is 9.59 Å². The summed E-state index contributed by atoms with van der Waals surface area (Å²) in [4.78, 5) is 28.1. The van der Waals surface area contributed by atoms with Gasteiger partial charge in [-0.05, 0) is 53.9 Å². The zero-order valence-corrected chi connectivity index (χ0v) is 16.6. The number of nitrogens with one attached hydrogen (secondary N) is 2. The monoisotopic (exact) mass is 409 g/mol. The predicted molar refractivity (Wildman–Crippen MR) is 112 cm³/mol. The lowest BCUT2D eigenvalue weighted by Crippen LogP contribution is -2.23. The number of carbonyl (C=O) groups excluding carboxylic acids is 2. The molecule has 7 heteroatoms. The van der Waals surface area contributed by atoms with Gasteiger partial charge in [-0.3, -0.25) is 15.1 Å². The summed E-state index contributed by atoms with van der Waals surface area (Å²) in [5, 5.41) is 6.11. The summed E-state index contributed by atoms with van der Waals surface area (Å²) in [5.41, 5.74) is 3.71. The number of hydrogen-bond donors (Lipinski definition) is 2. The Morgan fingerprint density at radius 1 is 0.966 bits per heavy atom. The van der Waals surface area contributed by atoms with E-state index in [1.807, 2.05) is 25.1 Å². The molecule has 0 bridgehead atoms. The van der Waals surface area contributed by atoms with Gasteiger partial charge in [0.25, 0.3) is 5.91 Å². The molecule has 2 N–H and O–H groups in total. The fourth-order valence-corrected chi connectivity index (χ4v) is 2.59. The Kier molecular flexibility index (Phi) is 6.81. The third-order valence-electron chi connectivity index (χ3n) is 4.08. The Morgan fingerprint density at radius 2 is 1.66 bits per heavy atom. The van der Waals surface area contributed by atoms with Gasteiger partial charge >= 0.3 is 6.09 Å². The van der Waals surface area contributed by atoms with E-state index in [4.69, 9.17) is 16.3 Å². The highest BCUT2D eigenvalue weighted by Crippen LogP contribution is 2.12. The van der Waals surface area contributed by atoms with Crippen LogP contribution in [-0.4, -0.2) is 17.0 Å². The molecular weight excluding hydrogens is 390 g/mol. The second-order valence-corrected chi connectivity index (χ2v) is 6.86. The van der Waals surface area contributed by atoms with Gasteiger partial charge in [-0.1, -0.05) is 41.9 Å². The number of hydrogen-bond acceptors (Lipinski definition) is 4. The summed E-state index contributed by atoms with van der Waals surface area (Å²) in [5.74, 6) is -0.238. The Bertz CT molecular complexity index is 972. The average Bonchev–Trinajstić information content (AvgIpc) is 2.73. The van der Waals surface area contributed by atoms with Gasteiger partial charge in [0.05, 0.1) is 0 Å². The number of benzene rings is 2. The molecule has 0 aliphatic rings. The highest BCUT2D eigenvalue weighted by Gasteiger charge is 2.07. The van der Waals surface area contributed by atoms with E-state index >= 15 is 0 Å². The van der Waals surface area contributed by atoms with Crippen LogP contribution in [0.5, 0.6) is 0 Å². The first kappa shape index (κ1) is 20.4. The molecule has 0 saturated heterocycles. The molecule has 0 aliphatic heterocycles. The third kappa shape index (κ3) is 6.33. The molecule has 0 fully saturated rings. The van der Waals surface area contributed by atoms with Gasteiger partial charge in [0.1, 0.15) is 12.3 Å². The summed E-state index contributed by atoms with van der Waals surface area (Å²) < 4.78 is 5.18. The molecule has 3 aromatic rings. The molecule has 29 heavy (non-hydrogen) atoms. The molecule has 3 rings (SSSR count). The maximum absolute atomic E-state index is 12.1. The zero-order chi connectivity index (χ0) is 20.6. The van der Waals surface area contributed by atoms with Crippen LogP contribution in [0, 0.1) is 6.92 Å². The summed E-state index contributed by atoms with van der Waals surface area (Å²) in [7, 11) is 0. The van der Waals surface area contributed by atoms with Crippen LogP contribution < -0.4 is 10.6 Å². The smallest absolute Gasteiger partial charge is 0.411 e. The molecule has 0 unspecified atom stereocenters. The lowest BCUT2D eigenvalue weighted by atomic mass is 10.2. The number of amides is 2. The van der Waals surface area contributed by atoms with E-state index in [0.29, 0.717) is 22.9 Å². The van der Waals surface area contributed by atoms with Crippen molar-refractivity contribution in [2.24, 2.45) is 0 Å². The van der Waals surface area contributed by atoms with Crippen LogP contribution in [0.25, 0.3) is 0 Å². The zero-order valence-electron chi connectivity index (χ0n) is 15.8. The summed E-state index contributed by atoms with van der Waals surface area (Å²) >= 11 is 5.82. The van der Waals surface area contributed by atoms with E-state index < -0.39 is 6.09 Å². The molecule has 1 aromatic heterocycles. The quantitative estimate of drug-likeness (QED) is 0.617. The van der Waals surface area contributed by atoms with Crippen LogP contribution in [0.1, 0.15) is 27.2 Å². The van der Waals surface area contributed by atoms with Crippen molar-refractivity contribution in [3.05, 3.63) is 94.3 Å². The highest BCUT2D eigenvalue weighted by molar-refractivity contribution is 6.30. The van der Waals surface area contributed by atoms with Gasteiger partial charge < -0.3 is 10.1 Å². The van der Waals surface area contributed by atoms with Gasteiger partial charge in [-0.25, -0.2) is 4.79 Å². The first-order valence-electron chi connectivity index (χ1n) is 8.97. The number of ether oxygens (including phenoxy) is 1. The maximum Gasteiger partial charge on any atom is 0.411 e. The number of aryl methyl sites for hydroxylation is 1. The van der Waals surface area contributed by atoms with Crippen molar-refractivity contribution in [3.8, 4) is 0 Å². The van der Waals surface area contributed by atoms with Crippen LogP contribution in [0.15, 0.2) is 66.9 Å². The van der Waals surface area contributed by atoms with Crippen molar-refractivity contribution in [2.45, 2.75) is 20.1 Å². The second kappa shape index (κ2) is 9.71. The van der Waals surface area contributed by atoms with Crippen molar-refractivity contribution in [2.75, 3.05) is 5.32 Å². The van der Waals surface area contributed by atoms with Crippen LogP contribution in [0.3, 0.4) is 0 Å². The Morgan fingerprint density at radius 3 is 2.31 bits per heavy atom. The minimum absolute atomic E-state index is 0.153. The fraction of sp³-hybridized carbons (Fsp3) is 0.136. The summed E-state index contributed by atoms with van der Waals surface area (Å²) in [6, 6.07) is 17.7. The largest absolute Gasteiger partial charge is 0.444 e. The Hall–Kier alpha value is -3.38. The molecule has 1 heterocycles. The van der Waals surface area contributed by atoms with Gasteiger partial charge in [-0.2, -0.15) is 0 Å². The molecule has 0 aliphatic carbocycles. The van der Waals surface area contributed by atoms with Crippen LogP contribution in [0.2, 0.25) is 5.02 Å². The SMILES string of the molecule is Cc1ccc(C(=O)NCc2ccc(NC(=O)OCc3ccc(Cl)cc3)cc2)nc1. The van der Waals surface area contributed by atoms with Crippen LogP contribution in [0.4, 0.5) is 10.5 Å². The maximum atomic E-state index is 12.1. The van der Waals surface area contributed by atoms with E-state index in [-0.39, 0.29) is 12.5 Å². The number of nitrogens with zero attached hydrogens (tertiary/aromatic N) is 1. The number of rotatable bonds is 6. The highest BCUT2D eigenvalue weighted by atomic mass is 35.5. The van der Waals surface area contributed by atoms with E-state index in [0.717, 1.165) is 16.7 Å². The second-order valence-electron chi connectivity index (χ2n) is 6.43. The minimum Gasteiger partial charge on any atom is -0.444 e. The average molecular weight is 410 g/mol. The molecule has 148 valence electrons. The molecule has 0 saturated carbocycles. The van der Waals surface area contributed by atoms with Gasteiger partial charge in [0.2, 0.25) is 0 Å². The van der Waals surface area contributed by atoms with Crippen molar-refractivity contribution >= 4 is 29.3 Å². The van der Waals surface area contributed by atoms with Crippen molar-refractivity contribution in [3.63, 3.8) is 0 Å². The molecular formula is C22H20ClN3O3. The molecule has 0 spiro atoms. The predicted octanol–water partition coefficient (Wildman–Crippen LogP) is 4.72. The van der Waals surface area contributed by atoms with Crippen LogP contribution >= 0.6 is 11.6 Å².